The Morgan fingerprint density at radius 2 is 1.95 bits per heavy atom. The number of nitrogens with one attached hydrogen (secondary N) is 1. The number of unbranched alkanes of at least 4 members (excludes halogenated alkanes) is 3. The van der Waals surface area contributed by atoms with E-state index >= 15 is 0 Å². The zero-order valence-electron chi connectivity index (χ0n) is 12.8. The fourth-order valence-electron chi connectivity index (χ4n) is 3.28. The molecule has 2 heteroatoms. The molecule has 1 saturated heterocycles. The molecule has 110 valence electrons. The molecule has 0 aromatic heterocycles. The number of rotatable bonds is 7. The molecule has 1 amide bonds. The highest BCUT2D eigenvalue weighted by molar-refractivity contribution is 5.80. The Morgan fingerprint density at radius 1 is 1.20 bits per heavy atom. The van der Waals surface area contributed by atoms with Gasteiger partial charge in [0.05, 0.1) is 0 Å². The summed E-state index contributed by atoms with van der Waals surface area (Å²) in [6, 6.07) is 10.8. The first-order valence-corrected chi connectivity index (χ1v) is 7.97. The summed E-state index contributed by atoms with van der Waals surface area (Å²) < 4.78 is 0. The van der Waals surface area contributed by atoms with Crippen molar-refractivity contribution in [2.45, 2.75) is 64.8 Å². The Hall–Kier alpha value is -1.31. The third kappa shape index (κ3) is 3.84. The molecule has 0 radical (unpaired) electrons. The van der Waals surface area contributed by atoms with Gasteiger partial charge in [0.1, 0.15) is 0 Å². The molecule has 2 unspecified atom stereocenters. The van der Waals surface area contributed by atoms with E-state index in [2.05, 4.69) is 43.4 Å². The molecule has 2 nitrogen and oxygen atoms in total. The van der Waals surface area contributed by atoms with Gasteiger partial charge in [0, 0.05) is 12.5 Å². The molecule has 2 atom stereocenters. The Labute approximate surface area is 123 Å². The SMILES string of the molecule is CCCCCCC1(C)CC(=O)NC1Cc1ccccc1. The molecule has 20 heavy (non-hydrogen) atoms. The van der Waals surface area contributed by atoms with Gasteiger partial charge in [-0.1, -0.05) is 69.9 Å². The lowest BCUT2D eigenvalue weighted by Gasteiger charge is -2.30. The summed E-state index contributed by atoms with van der Waals surface area (Å²) in [5.74, 6) is 0.226. The molecular formula is C18H27NO. The van der Waals surface area contributed by atoms with Crippen LogP contribution in [-0.4, -0.2) is 11.9 Å². The van der Waals surface area contributed by atoms with Gasteiger partial charge in [0.2, 0.25) is 5.91 Å². The van der Waals surface area contributed by atoms with Crippen LogP contribution in [0.4, 0.5) is 0 Å². The van der Waals surface area contributed by atoms with Crippen molar-refractivity contribution in [1.29, 1.82) is 0 Å². The number of hydrogen-bond acceptors (Lipinski definition) is 1. The highest BCUT2D eigenvalue weighted by Crippen LogP contribution is 2.38. The summed E-state index contributed by atoms with van der Waals surface area (Å²) in [7, 11) is 0. The summed E-state index contributed by atoms with van der Waals surface area (Å²) in [5, 5.41) is 3.19. The molecule has 1 heterocycles. The molecule has 1 aliphatic heterocycles. The first kappa shape index (κ1) is 15.1. The van der Waals surface area contributed by atoms with Crippen molar-refractivity contribution in [2.24, 2.45) is 5.41 Å². The number of carbonyl (C=O) groups excluding carboxylic acids is 1. The van der Waals surface area contributed by atoms with E-state index in [0.717, 1.165) is 12.8 Å². The van der Waals surface area contributed by atoms with E-state index in [1.807, 2.05) is 6.07 Å². The van der Waals surface area contributed by atoms with E-state index in [0.29, 0.717) is 12.5 Å². The molecule has 0 aliphatic carbocycles. The van der Waals surface area contributed by atoms with Crippen molar-refractivity contribution >= 4 is 5.91 Å². The van der Waals surface area contributed by atoms with Crippen LogP contribution < -0.4 is 5.32 Å². The lowest BCUT2D eigenvalue weighted by molar-refractivity contribution is -0.119. The predicted octanol–water partition coefficient (Wildman–Crippen LogP) is 4.09. The fourth-order valence-corrected chi connectivity index (χ4v) is 3.28. The van der Waals surface area contributed by atoms with Crippen LogP contribution in [0.5, 0.6) is 0 Å². The zero-order chi connectivity index (χ0) is 14.4. The lowest BCUT2D eigenvalue weighted by Crippen LogP contribution is -2.37. The Kier molecular flexibility index (Phi) is 5.22. The van der Waals surface area contributed by atoms with Crippen molar-refractivity contribution < 1.29 is 4.79 Å². The minimum absolute atomic E-state index is 0.126. The molecule has 1 N–H and O–H groups in total. The van der Waals surface area contributed by atoms with Crippen LogP contribution >= 0.6 is 0 Å². The van der Waals surface area contributed by atoms with Crippen molar-refractivity contribution in [3.05, 3.63) is 35.9 Å². The molecule has 0 spiro atoms. The van der Waals surface area contributed by atoms with Crippen LogP contribution in [-0.2, 0) is 11.2 Å². The highest BCUT2D eigenvalue weighted by atomic mass is 16.2. The van der Waals surface area contributed by atoms with Crippen molar-refractivity contribution in [2.75, 3.05) is 0 Å². The number of carbonyl (C=O) groups is 1. The van der Waals surface area contributed by atoms with Gasteiger partial charge < -0.3 is 5.32 Å². The Balaban J connectivity index is 1.96. The molecule has 0 bridgehead atoms. The van der Waals surface area contributed by atoms with E-state index in [9.17, 15) is 4.79 Å². The molecule has 0 saturated carbocycles. The average Bonchev–Trinajstić information content (AvgIpc) is 2.71. The first-order chi connectivity index (χ1) is 9.64. The maximum absolute atomic E-state index is 11.8. The summed E-state index contributed by atoms with van der Waals surface area (Å²) in [6.07, 6.45) is 7.90. The predicted molar refractivity (Wildman–Crippen MR) is 83.6 cm³/mol. The topological polar surface area (TPSA) is 29.1 Å². The fraction of sp³-hybridized carbons (Fsp3) is 0.611. The molecule has 1 fully saturated rings. The molecule has 1 aromatic carbocycles. The third-order valence-corrected chi connectivity index (χ3v) is 4.62. The maximum atomic E-state index is 11.8. The standard InChI is InChI=1S/C18H27NO/c1-3-4-5-9-12-18(2)14-17(20)19-16(18)13-15-10-7-6-8-11-15/h6-8,10-11,16H,3-5,9,12-14H2,1-2H3,(H,19,20). The van der Waals surface area contributed by atoms with Crippen molar-refractivity contribution in [3.63, 3.8) is 0 Å². The quantitative estimate of drug-likeness (QED) is 0.745. The number of benzene rings is 1. The molecule has 1 aliphatic rings. The van der Waals surface area contributed by atoms with Gasteiger partial charge in [-0.2, -0.15) is 0 Å². The molecular weight excluding hydrogens is 246 g/mol. The summed E-state index contributed by atoms with van der Waals surface area (Å²) in [5.41, 5.74) is 1.44. The van der Waals surface area contributed by atoms with Crippen LogP contribution in [0.2, 0.25) is 0 Å². The van der Waals surface area contributed by atoms with Gasteiger partial charge in [-0.25, -0.2) is 0 Å². The lowest BCUT2D eigenvalue weighted by atomic mass is 9.76. The van der Waals surface area contributed by atoms with E-state index in [4.69, 9.17) is 0 Å². The van der Waals surface area contributed by atoms with Gasteiger partial charge >= 0.3 is 0 Å². The summed E-state index contributed by atoms with van der Waals surface area (Å²) in [6.45, 7) is 4.52. The Morgan fingerprint density at radius 3 is 2.65 bits per heavy atom. The van der Waals surface area contributed by atoms with Gasteiger partial charge in [-0.3, -0.25) is 4.79 Å². The highest BCUT2D eigenvalue weighted by Gasteiger charge is 2.42. The number of hydrogen-bond donors (Lipinski definition) is 1. The van der Waals surface area contributed by atoms with Crippen molar-refractivity contribution in [1.82, 2.24) is 5.32 Å². The van der Waals surface area contributed by atoms with E-state index in [-0.39, 0.29) is 11.3 Å². The smallest absolute Gasteiger partial charge is 0.220 e. The number of amides is 1. The largest absolute Gasteiger partial charge is 0.352 e. The van der Waals surface area contributed by atoms with Crippen LogP contribution in [0.3, 0.4) is 0 Å². The van der Waals surface area contributed by atoms with Crippen LogP contribution in [0.25, 0.3) is 0 Å². The monoisotopic (exact) mass is 273 g/mol. The summed E-state index contributed by atoms with van der Waals surface area (Å²) >= 11 is 0. The van der Waals surface area contributed by atoms with E-state index in [1.54, 1.807) is 0 Å². The van der Waals surface area contributed by atoms with Crippen LogP contribution in [0, 0.1) is 5.41 Å². The minimum Gasteiger partial charge on any atom is -0.352 e. The van der Waals surface area contributed by atoms with Gasteiger partial charge in [-0.15, -0.1) is 0 Å². The third-order valence-electron chi connectivity index (χ3n) is 4.62. The molecule has 1 aromatic rings. The van der Waals surface area contributed by atoms with Crippen LogP contribution in [0.15, 0.2) is 30.3 Å². The second-order valence-electron chi connectivity index (χ2n) is 6.45. The Bertz CT molecular complexity index is 428. The second kappa shape index (κ2) is 6.92. The maximum Gasteiger partial charge on any atom is 0.220 e. The van der Waals surface area contributed by atoms with Crippen LogP contribution in [0.1, 0.15) is 57.9 Å². The normalized spacial score (nSPS) is 25.7. The van der Waals surface area contributed by atoms with E-state index in [1.165, 1.54) is 31.2 Å². The minimum atomic E-state index is 0.126. The van der Waals surface area contributed by atoms with E-state index < -0.39 is 0 Å². The van der Waals surface area contributed by atoms with Gasteiger partial charge in [0.15, 0.2) is 0 Å². The zero-order valence-corrected chi connectivity index (χ0v) is 12.8. The molecule has 2 rings (SSSR count). The second-order valence-corrected chi connectivity index (χ2v) is 6.45. The van der Waals surface area contributed by atoms with Gasteiger partial charge in [-0.05, 0) is 23.8 Å². The van der Waals surface area contributed by atoms with Crippen molar-refractivity contribution in [3.8, 4) is 0 Å². The summed E-state index contributed by atoms with van der Waals surface area (Å²) in [4.78, 5) is 11.8. The average molecular weight is 273 g/mol. The first-order valence-electron chi connectivity index (χ1n) is 7.97. The van der Waals surface area contributed by atoms with Gasteiger partial charge in [0.25, 0.3) is 0 Å².